The lowest BCUT2D eigenvalue weighted by molar-refractivity contribution is -0.122. The second-order valence-electron chi connectivity index (χ2n) is 7.59. The lowest BCUT2D eigenvalue weighted by Gasteiger charge is -2.23. The molecule has 28 heavy (non-hydrogen) atoms. The standard InChI is InChI=1S/C21H28BrN3O3/c1-4-24-7-8-28-13-16(10-24)23-20(26)12-25-11-19(14(2)3)18-9-15(22)5-6-17(18)21(25)27/h5-6,9,11,14,16H,4,7-8,10,12-13H2,1-3H3,(H,23,26)/t16-/m0/s1. The fraction of sp³-hybridized carbons (Fsp3) is 0.524. The molecule has 2 aromatic rings. The zero-order chi connectivity index (χ0) is 20.3. The highest BCUT2D eigenvalue weighted by molar-refractivity contribution is 9.10. The first kappa shape index (κ1) is 21.0. The fourth-order valence-electron chi connectivity index (χ4n) is 3.65. The topological polar surface area (TPSA) is 63.6 Å². The Kier molecular flexibility index (Phi) is 6.91. The quantitative estimate of drug-likeness (QED) is 0.761. The van der Waals surface area contributed by atoms with Crippen molar-refractivity contribution < 1.29 is 9.53 Å². The molecular weight excluding hydrogens is 422 g/mol. The van der Waals surface area contributed by atoms with E-state index >= 15 is 0 Å². The lowest BCUT2D eigenvalue weighted by atomic mass is 9.98. The Balaban J connectivity index is 1.83. The van der Waals surface area contributed by atoms with Crippen molar-refractivity contribution in [2.45, 2.75) is 39.3 Å². The van der Waals surface area contributed by atoms with Crippen molar-refractivity contribution in [3.05, 3.63) is 44.8 Å². The van der Waals surface area contributed by atoms with E-state index in [2.05, 4.69) is 46.9 Å². The van der Waals surface area contributed by atoms with Gasteiger partial charge in [-0.1, -0.05) is 36.7 Å². The third-order valence-electron chi connectivity index (χ3n) is 5.18. The number of amides is 1. The number of benzene rings is 1. The molecule has 1 N–H and O–H groups in total. The normalized spacial score (nSPS) is 18.4. The van der Waals surface area contributed by atoms with Gasteiger partial charge in [0, 0.05) is 29.1 Å². The number of hydrogen-bond acceptors (Lipinski definition) is 4. The van der Waals surface area contributed by atoms with Crippen molar-refractivity contribution in [2.24, 2.45) is 0 Å². The molecule has 1 atom stereocenters. The Hall–Kier alpha value is -1.70. The van der Waals surface area contributed by atoms with E-state index in [1.54, 1.807) is 0 Å². The molecule has 1 fully saturated rings. The van der Waals surface area contributed by atoms with E-state index in [1.807, 2.05) is 24.4 Å². The number of likely N-dealkylation sites (N-methyl/N-ethyl adjacent to an activating group) is 1. The van der Waals surface area contributed by atoms with Gasteiger partial charge in [-0.25, -0.2) is 0 Å². The van der Waals surface area contributed by atoms with E-state index in [0.29, 0.717) is 18.6 Å². The van der Waals surface area contributed by atoms with Gasteiger partial charge in [-0.15, -0.1) is 0 Å². The SMILES string of the molecule is CCN1CCOC[C@@H](NC(=O)Cn2cc(C(C)C)c3cc(Br)ccc3c2=O)C1. The zero-order valence-corrected chi connectivity index (χ0v) is 18.3. The molecule has 0 saturated carbocycles. The van der Waals surface area contributed by atoms with E-state index in [-0.39, 0.29) is 30.0 Å². The molecule has 6 nitrogen and oxygen atoms in total. The first-order chi connectivity index (χ1) is 13.4. The van der Waals surface area contributed by atoms with Gasteiger partial charge in [0.15, 0.2) is 0 Å². The smallest absolute Gasteiger partial charge is 0.258 e. The Morgan fingerprint density at radius 3 is 2.86 bits per heavy atom. The maximum absolute atomic E-state index is 12.9. The van der Waals surface area contributed by atoms with Crippen LogP contribution in [0.2, 0.25) is 0 Å². The van der Waals surface area contributed by atoms with Crippen LogP contribution in [0.15, 0.2) is 33.7 Å². The summed E-state index contributed by atoms with van der Waals surface area (Å²) in [5.41, 5.74) is 0.910. The molecule has 1 aromatic heterocycles. The summed E-state index contributed by atoms with van der Waals surface area (Å²) < 4.78 is 8.06. The molecule has 0 bridgehead atoms. The number of pyridine rings is 1. The average molecular weight is 450 g/mol. The van der Waals surface area contributed by atoms with Crippen LogP contribution in [0.4, 0.5) is 0 Å². The molecule has 0 spiro atoms. The highest BCUT2D eigenvalue weighted by Gasteiger charge is 2.20. The minimum absolute atomic E-state index is 0.00713. The Labute approximate surface area is 174 Å². The van der Waals surface area contributed by atoms with Gasteiger partial charge >= 0.3 is 0 Å². The van der Waals surface area contributed by atoms with Gasteiger partial charge in [-0.05, 0) is 41.6 Å². The lowest BCUT2D eigenvalue weighted by Crippen LogP contribution is -2.46. The second kappa shape index (κ2) is 9.20. The van der Waals surface area contributed by atoms with Gasteiger partial charge in [-0.2, -0.15) is 0 Å². The summed E-state index contributed by atoms with van der Waals surface area (Å²) in [6.07, 6.45) is 1.82. The van der Waals surface area contributed by atoms with Crippen molar-refractivity contribution in [3.63, 3.8) is 0 Å². The zero-order valence-electron chi connectivity index (χ0n) is 16.7. The van der Waals surface area contributed by atoms with Crippen molar-refractivity contribution >= 4 is 32.6 Å². The number of fused-ring (bicyclic) bond motifs is 1. The molecule has 0 aliphatic carbocycles. The molecule has 1 aliphatic rings. The number of carbonyl (C=O) groups is 1. The number of hydrogen-bond donors (Lipinski definition) is 1. The predicted octanol–water partition coefficient (Wildman–Crippen LogP) is 2.72. The monoisotopic (exact) mass is 449 g/mol. The molecule has 2 heterocycles. The molecule has 7 heteroatoms. The molecule has 152 valence electrons. The minimum atomic E-state index is -0.167. The van der Waals surface area contributed by atoms with E-state index in [4.69, 9.17) is 4.74 Å². The van der Waals surface area contributed by atoms with Crippen molar-refractivity contribution in [2.75, 3.05) is 32.8 Å². The third kappa shape index (κ3) is 4.82. The molecule has 1 saturated heterocycles. The minimum Gasteiger partial charge on any atom is -0.378 e. The maximum atomic E-state index is 12.9. The van der Waals surface area contributed by atoms with Crippen LogP contribution in [-0.4, -0.2) is 54.3 Å². The van der Waals surface area contributed by atoms with Crippen LogP contribution < -0.4 is 10.9 Å². The summed E-state index contributed by atoms with van der Waals surface area (Å²) in [5, 5.41) is 4.60. The number of aromatic nitrogens is 1. The maximum Gasteiger partial charge on any atom is 0.258 e. The van der Waals surface area contributed by atoms with Crippen LogP contribution in [0, 0.1) is 0 Å². The summed E-state index contributed by atoms with van der Waals surface area (Å²) in [5.74, 6) is 0.0694. The van der Waals surface area contributed by atoms with E-state index in [0.717, 1.165) is 35.1 Å². The summed E-state index contributed by atoms with van der Waals surface area (Å²) in [6.45, 7) is 10.0. The number of carbonyl (C=O) groups excluding carboxylic acids is 1. The number of nitrogens with one attached hydrogen (secondary N) is 1. The molecule has 1 aliphatic heterocycles. The number of halogens is 1. The summed E-state index contributed by atoms with van der Waals surface area (Å²) in [7, 11) is 0. The summed E-state index contributed by atoms with van der Waals surface area (Å²) >= 11 is 3.48. The second-order valence-corrected chi connectivity index (χ2v) is 8.51. The van der Waals surface area contributed by atoms with Crippen LogP contribution in [0.1, 0.15) is 32.3 Å². The van der Waals surface area contributed by atoms with Crippen LogP contribution in [0.5, 0.6) is 0 Å². The van der Waals surface area contributed by atoms with Crippen LogP contribution in [-0.2, 0) is 16.1 Å². The summed E-state index contributed by atoms with van der Waals surface area (Å²) in [6, 6.07) is 5.59. The Morgan fingerprint density at radius 2 is 2.14 bits per heavy atom. The fourth-order valence-corrected chi connectivity index (χ4v) is 4.01. The molecule has 0 radical (unpaired) electrons. The van der Waals surface area contributed by atoms with Gasteiger partial charge in [-0.3, -0.25) is 14.5 Å². The molecule has 1 aromatic carbocycles. The molecule has 1 amide bonds. The molecule has 3 rings (SSSR count). The van der Waals surface area contributed by atoms with Crippen LogP contribution in [0.3, 0.4) is 0 Å². The molecular formula is C21H28BrN3O3. The first-order valence-electron chi connectivity index (χ1n) is 9.81. The van der Waals surface area contributed by atoms with Crippen LogP contribution in [0.25, 0.3) is 10.8 Å². The Bertz CT molecular complexity index is 910. The largest absolute Gasteiger partial charge is 0.378 e. The molecule has 0 unspecified atom stereocenters. The summed E-state index contributed by atoms with van der Waals surface area (Å²) in [4.78, 5) is 27.8. The van der Waals surface area contributed by atoms with Gasteiger partial charge < -0.3 is 14.6 Å². The number of rotatable bonds is 5. The van der Waals surface area contributed by atoms with Gasteiger partial charge in [0.1, 0.15) is 6.54 Å². The van der Waals surface area contributed by atoms with E-state index < -0.39 is 0 Å². The van der Waals surface area contributed by atoms with E-state index in [1.165, 1.54) is 4.57 Å². The van der Waals surface area contributed by atoms with Gasteiger partial charge in [0.05, 0.1) is 19.3 Å². The average Bonchev–Trinajstić information content (AvgIpc) is 2.88. The van der Waals surface area contributed by atoms with E-state index in [9.17, 15) is 9.59 Å². The Morgan fingerprint density at radius 1 is 1.36 bits per heavy atom. The van der Waals surface area contributed by atoms with Crippen LogP contribution >= 0.6 is 15.9 Å². The van der Waals surface area contributed by atoms with Crippen molar-refractivity contribution in [3.8, 4) is 0 Å². The van der Waals surface area contributed by atoms with Crippen molar-refractivity contribution in [1.82, 2.24) is 14.8 Å². The highest BCUT2D eigenvalue weighted by Crippen LogP contribution is 2.26. The highest BCUT2D eigenvalue weighted by atomic mass is 79.9. The predicted molar refractivity (Wildman–Crippen MR) is 115 cm³/mol. The number of ether oxygens (including phenoxy) is 1. The third-order valence-corrected chi connectivity index (χ3v) is 5.67. The number of nitrogens with zero attached hydrogens (tertiary/aromatic N) is 2. The van der Waals surface area contributed by atoms with Gasteiger partial charge in [0.25, 0.3) is 5.56 Å². The van der Waals surface area contributed by atoms with Gasteiger partial charge in [0.2, 0.25) is 5.91 Å². The van der Waals surface area contributed by atoms with Crippen molar-refractivity contribution in [1.29, 1.82) is 0 Å². The first-order valence-corrected chi connectivity index (χ1v) is 10.6.